The van der Waals surface area contributed by atoms with Crippen LogP contribution in [0.5, 0.6) is 0 Å². The van der Waals surface area contributed by atoms with Gasteiger partial charge in [0.1, 0.15) is 0 Å². The average Bonchev–Trinajstić information content (AvgIpc) is 2.76. The molecule has 1 N–H and O–H groups in total. The molecule has 166 valence electrons. The van der Waals surface area contributed by atoms with Crippen LogP contribution in [0.25, 0.3) is 12.2 Å². The molecule has 0 spiro atoms. The van der Waals surface area contributed by atoms with Gasteiger partial charge in [0, 0.05) is 24.6 Å². The number of benzene rings is 2. The van der Waals surface area contributed by atoms with E-state index >= 15 is 0 Å². The van der Waals surface area contributed by atoms with E-state index in [2.05, 4.69) is 24.0 Å². The van der Waals surface area contributed by atoms with Crippen molar-refractivity contribution in [2.45, 2.75) is 37.0 Å². The Bertz CT molecular complexity index is 962. The SMILES string of the molecule is C=CC(=O)OCCCCCCCNc1ccc(C=Cc2ccc(S(C)(=O)=O)cc2)cc1. The van der Waals surface area contributed by atoms with Gasteiger partial charge in [-0.25, -0.2) is 13.2 Å². The Hall–Kier alpha value is -2.86. The Balaban J connectivity index is 1.65. The van der Waals surface area contributed by atoms with Gasteiger partial charge in [0.05, 0.1) is 11.5 Å². The molecule has 2 aromatic rings. The Morgan fingerprint density at radius 2 is 1.45 bits per heavy atom. The Kier molecular flexibility index (Phi) is 10.0. The van der Waals surface area contributed by atoms with Crippen molar-refractivity contribution in [1.29, 1.82) is 0 Å². The molecule has 2 rings (SSSR count). The van der Waals surface area contributed by atoms with Gasteiger partial charge in [0.2, 0.25) is 0 Å². The lowest BCUT2D eigenvalue weighted by atomic mass is 10.1. The Morgan fingerprint density at radius 3 is 2.03 bits per heavy atom. The van der Waals surface area contributed by atoms with E-state index in [0.717, 1.165) is 55.5 Å². The van der Waals surface area contributed by atoms with E-state index in [1.54, 1.807) is 24.3 Å². The van der Waals surface area contributed by atoms with Crippen LogP contribution in [-0.4, -0.2) is 33.8 Å². The van der Waals surface area contributed by atoms with Crippen LogP contribution in [0.15, 0.2) is 66.1 Å². The number of esters is 1. The summed E-state index contributed by atoms with van der Waals surface area (Å²) < 4.78 is 28.0. The quantitative estimate of drug-likeness (QED) is 0.196. The minimum Gasteiger partial charge on any atom is -0.463 e. The zero-order valence-corrected chi connectivity index (χ0v) is 18.9. The standard InChI is InChI=1S/C25H31NO4S/c1-3-25(27)30-20-8-6-4-5-7-19-26-23-15-11-21(12-16-23)9-10-22-13-17-24(18-14-22)31(2,28)29/h3,9-18,26H,1,4-8,19-20H2,2H3. The molecule has 0 radical (unpaired) electrons. The number of hydrogen-bond acceptors (Lipinski definition) is 5. The monoisotopic (exact) mass is 441 g/mol. The van der Waals surface area contributed by atoms with Gasteiger partial charge in [-0.05, 0) is 48.2 Å². The molecule has 0 aliphatic carbocycles. The van der Waals surface area contributed by atoms with Crippen molar-refractivity contribution in [3.63, 3.8) is 0 Å². The van der Waals surface area contributed by atoms with Gasteiger partial charge >= 0.3 is 5.97 Å². The lowest BCUT2D eigenvalue weighted by molar-refractivity contribution is -0.137. The zero-order chi connectivity index (χ0) is 22.5. The maximum Gasteiger partial charge on any atom is 0.330 e. The van der Waals surface area contributed by atoms with Crippen molar-refractivity contribution in [3.8, 4) is 0 Å². The van der Waals surface area contributed by atoms with Crippen LogP contribution in [0, 0.1) is 0 Å². The Morgan fingerprint density at radius 1 is 0.903 bits per heavy atom. The molecule has 0 unspecified atom stereocenters. The average molecular weight is 442 g/mol. The van der Waals surface area contributed by atoms with Gasteiger partial charge in [0.15, 0.2) is 9.84 Å². The number of hydrogen-bond donors (Lipinski definition) is 1. The number of carbonyl (C=O) groups is 1. The maximum absolute atomic E-state index is 11.5. The molecule has 0 saturated heterocycles. The smallest absolute Gasteiger partial charge is 0.330 e. The van der Waals surface area contributed by atoms with Crippen LogP contribution in [-0.2, 0) is 19.4 Å². The second-order valence-corrected chi connectivity index (χ2v) is 9.38. The van der Waals surface area contributed by atoms with Crippen LogP contribution < -0.4 is 5.32 Å². The molecule has 31 heavy (non-hydrogen) atoms. The highest BCUT2D eigenvalue weighted by atomic mass is 32.2. The zero-order valence-electron chi connectivity index (χ0n) is 18.0. The molecule has 6 heteroatoms. The first-order valence-corrected chi connectivity index (χ1v) is 12.4. The highest BCUT2D eigenvalue weighted by Gasteiger charge is 2.05. The fourth-order valence-electron chi connectivity index (χ4n) is 2.95. The van der Waals surface area contributed by atoms with E-state index in [1.165, 1.54) is 12.3 Å². The fraction of sp³-hybridized carbons (Fsp3) is 0.320. The highest BCUT2D eigenvalue weighted by Crippen LogP contribution is 2.15. The number of rotatable bonds is 13. The molecule has 0 aromatic heterocycles. The number of nitrogens with one attached hydrogen (secondary N) is 1. The summed E-state index contributed by atoms with van der Waals surface area (Å²) in [5, 5.41) is 3.43. The van der Waals surface area contributed by atoms with Gasteiger partial charge in [-0.3, -0.25) is 0 Å². The predicted octanol–water partition coefficient (Wildman–Crippen LogP) is 5.35. The minimum atomic E-state index is -3.16. The van der Waals surface area contributed by atoms with E-state index in [1.807, 2.05) is 24.3 Å². The molecule has 2 aromatic carbocycles. The third-order valence-electron chi connectivity index (χ3n) is 4.75. The molecular formula is C25H31NO4S. The van der Waals surface area contributed by atoms with Crippen LogP contribution in [0.4, 0.5) is 5.69 Å². The molecule has 0 atom stereocenters. The second kappa shape index (κ2) is 12.7. The normalized spacial score (nSPS) is 11.4. The van der Waals surface area contributed by atoms with Crippen LogP contribution in [0.2, 0.25) is 0 Å². The molecule has 0 aliphatic rings. The van der Waals surface area contributed by atoms with Crippen LogP contribution >= 0.6 is 0 Å². The summed E-state index contributed by atoms with van der Waals surface area (Å²) in [6.07, 6.45) is 11.7. The second-order valence-electron chi connectivity index (χ2n) is 7.36. The first-order chi connectivity index (χ1) is 14.9. The fourth-order valence-corrected chi connectivity index (χ4v) is 3.58. The number of sulfone groups is 1. The van der Waals surface area contributed by atoms with Gasteiger partial charge in [-0.2, -0.15) is 0 Å². The number of anilines is 1. The van der Waals surface area contributed by atoms with Gasteiger partial charge in [0.25, 0.3) is 0 Å². The lowest BCUT2D eigenvalue weighted by Crippen LogP contribution is -2.02. The third kappa shape index (κ3) is 9.66. The van der Waals surface area contributed by atoms with Crippen molar-refractivity contribution in [1.82, 2.24) is 0 Å². The summed E-state index contributed by atoms with van der Waals surface area (Å²) in [5.41, 5.74) is 3.12. The van der Waals surface area contributed by atoms with Crippen molar-refractivity contribution in [2.24, 2.45) is 0 Å². The lowest BCUT2D eigenvalue weighted by Gasteiger charge is -2.07. The van der Waals surface area contributed by atoms with Gasteiger partial charge < -0.3 is 10.1 Å². The topological polar surface area (TPSA) is 72.5 Å². The van der Waals surface area contributed by atoms with E-state index in [0.29, 0.717) is 11.5 Å². The summed E-state index contributed by atoms with van der Waals surface area (Å²) in [6.45, 7) is 4.76. The molecule has 0 amide bonds. The maximum atomic E-state index is 11.5. The molecule has 5 nitrogen and oxygen atoms in total. The van der Waals surface area contributed by atoms with E-state index in [4.69, 9.17) is 4.74 Å². The van der Waals surface area contributed by atoms with E-state index in [-0.39, 0.29) is 5.97 Å². The molecule has 0 aliphatic heterocycles. The first-order valence-electron chi connectivity index (χ1n) is 10.5. The number of carbonyl (C=O) groups excluding carboxylic acids is 1. The van der Waals surface area contributed by atoms with Crippen molar-refractivity contribution in [3.05, 3.63) is 72.3 Å². The molecule has 0 heterocycles. The van der Waals surface area contributed by atoms with E-state index in [9.17, 15) is 13.2 Å². The van der Waals surface area contributed by atoms with Crippen LogP contribution in [0.3, 0.4) is 0 Å². The number of ether oxygens (including phenoxy) is 1. The third-order valence-corrected chi connectivity index (χ3v) is 5.88. The van der Waals surface area contributed by atoms with Crippen LogP contribution in [0.1, 0.15) is 43.2 Å². The summed E-state index contributed by atoms with van der Waals surface area (Å²) >= 11 is 0. The largest absolute Gasteiger partial charge is 0.463 e. The highest BCUT2D eigenvalue weighted by molar-refractivity contribution is 7.90. The molecule has 0 bridgehead atoms. The Labute approximate surface area is 185 Å². The summed E-state index contributed by atoms with van der Waals surface area (Å²) in [7, 11) is -3.16. The van der Waals surface area contributed by atoms with Crippen molar-refractivity contribution in [2.75, 3.05) is 24.7 Å². The summed E-state index contributed by atoms with van der Waals surface area (Å²) in [4.78, 5) is 11.2. The summed E-state index contributed by atoms with van der Waals surface area (Å²) in [6, 6.07) is 15.1. The molecule has 0 fully saturated rings. The van der Waals surface area contributed by atoms with Gasteiger partial charge in [-0.1, -0.05) is 62.3 Å². The van der Waals surface area contributed by atoms with Crippen molar-refractivity contribution >= 4 is 33.6 Å². The molecular weight excluding hydrogens is 410 g/mol. The molecule has 0 saturated carbocycles. The number of unbranched alkanes of at least 4 members (excludes halogenated alkanes) is 4. The van der Waals surface area contributed by atoms with Crippen molar-refractivity contribution < 1.29 is 17.9 Å². The predicted molar refractivity (Wildman–Crippen MR) is 128 cm³/mol. The van der Waals surface area contributed by atoms with Gasteiger partial charge in [-0.15, -0.1) is 0 Å². The van der Waals surface area contributed by atoms with E-state index < -0.39 is 9.84 Å². The minimum absolute atomic E-state index is 0.328. The summed E-state index contributed by atoms with van der Waals surface area (Å²) in [5.74, 6) is -0.353. The first kappa shape index (κ1) is 24.4.